The molecule has 3 nitrogen and oxygen atoms in total. The smallest absolute Gasteiger partial charge is 0.125 e. The number of nitrogens with zero attached hydrogens (tertiary/aromatic N) is 1. The van der Waals surface area contributed by atoms with Crippen LogP contribution in [0.4, 0.5) is 10.1 Å². The van der Waals surface area contributed by atoms with Crippen LogP contribution in [-0.4, -0.2) is 32.3 Å². The van der Waals surface area contributed by atoms with Crippen molar-refractivity contribution in [3.63, 3.8) is 0 Å². The molecule has 2 rings (SSSR count). The van der Waals surface area contributed by atoms with Gasteiger partial charge in [-0.15, -0.1) is 0 Å². The van der Waals surface area contributed by atoms with Gasteiger partial charge < -0.3 is 15.4 Å². The van der Waals surface area contributed by atoms with E-state index < -0.39 is 0 Å². The summed E-state index contributed by atoms with van der Waals surface area (Å²) in [4.78, 5) is 2.14. The Kier molecular flexibility index (Phi) is 3.74. The maximum absolute atomic E-state index is 13.0. The molecule has 88 valence electrons. The number of nitrogens with two attached hydrogens (primary N) is 1. The topological polar surface area (TPSA) is 38.5 Å². The highest BCUT2D eigenvalue weighted by Crippen LogP contribution is 2.22. The lowest BCUT2D eigenvalue weighted by molar-refractivity contribution is 0.0742. The standard InChI is InChI=1S/C12H17FN2O/c13-10-2-1-3-11(8-10)15-6-4-12(9-15)16-7-5-14/h1-3,8,12H,4-7,9,14H2/t12-/m0/s1. The first-order chi connectivity index (χ1) is 7.79. The zero-order chi connectivity index (χ0) is 11.4. The van der Waals surface area contributed by atoms with Crippen LogP contribution in [0, 0.1) is 5.82 Å². The summed E-state index contributed by atoms with van der Waals surface area (Å²) in [5, 5.41) is 0. The summed E-state index contributed by atoms with van der Waals surface area (Å²) < 4.78 is 18.6. The molecular weight excluding hydrogens is 207 g/mol. The SMILES string of the molecule is NCCO[C@H]1CCN(c2cccc(F)c2)C1. The highest BCUT2D eigenvalue weighted by atomic mass is 19.1. The molecule has 0 spiro atoms. The van der Waals surface area contributed by atoms with E-state index in [1.165, 1.54) is 6.07 Å². The maximum Gasteiger partial charge on any atom is 0.125 e. The van der Waals surface area contributed by atoms with Crippen molar-refractivity contribution < 1.29 is 9.13 Å². The average Bonchev–Trinajstić information content (AvgIpc) is 2.75. The third-order valence-electron chi connectivity index (χ3n) is 2.79. The summed E-state index contributed by atoms with van der Waals surface area (Å²) in [6.45, 7) is 2.89. The van der Waals surface area contributed by atoms with E-state index in [4.69, 9.17) is 10.5 Å². The molecule has 1 aromatic rings. The van der Waals surface area contributed by atoms with Crippen LogP contribution < -0.4 is 10.6 Å². The first kappa shape index (κ1) is 11.4. The van der Waals surface area contributed by atoms with Gasteiger partial charge in [-0.1, -0.05) is 6.07 Å². The lowest BCUT2D eigenvalue weighted by Gasteiger charge is -2.18. The fourth-order valence-electron chi connectivity index (χ4n) is 2.01. The molecule has 1 aliphatic heterocycles. The molecule has 0 bridgehead atoms. The van der Waals surface area contributed by atoms with E-state index in [1.54, 1.807) is 12.1 Å². The van der Waals surface area contributed by atoms with E-state index in [9.17, 15) is 4.39 Å². The van der Waals surface area contributed by atoms with Crippen molar-refractivity contribution in [2.45, 2.75) is 12.5 Å². The van der Waals surface area contributed by atoms with Crippen LogP contribution >= 0.6 is 0 Å². The highest BCUT2D eigenvalue weighted by molar-refractivity contribution is 5.47. The van der Waals surface area contributed by atoms with E-state index in [2.05, 4.69) is 4.90 Å². The number of anilines is 1. The van der Waals surface area contributed by atoms with Gasteiger partial charge in [-0.3, -0.25) is 0 Å². The minimum absolute atomic E-state index is 0.191. The van der Waals surface area contributed by atoms with Crippen LogP contribution in [0.1, 0.15) is 6.42 Å². The molecule has 1 fully saturated rings. The van der Waals surface area contributed by atoms with Gasteiger partial charge in [0.1, 0.15) is 5.82 Å². The molecule has 0 saturated carbocycles. The number of rotatable bonds is 4. The van der Waals surface area contributed by atoms with Crippen LogP contribution in [0.3, 0.4) is 0 Å². The molecule has 1 atom stereocenters. The van der Waals surface area contributed by atoms with E-state index in [0.29, 0.717) is 13.2 Å². The minimum atomic E-state index is -0.191. The Hall–Kier alpha value is -1.13. The van der Waals surface area contributed by atoms with Crippen LogP contribution in [0.2, 0.25) is 0 Å². The molecule has 0 aliphatic carbocycles. The van der Waals surface area contributed by atoms with Crippen LogP contribution in [0.25, 0.3) is 0 Å². The van der Waals surface area contributed by atoms with Gasteiger partial charge in [-0.05, 0) is 24.6 Å². The van der Waals surface area contributed by atoms with Crippen molar-refractivity contribution in [1.29, 1.82) is 0 Å². The van der Waals surface area contributed by atoms with Gasteiger partial charge in [-0.2, -0.15) is 0 Å². The van der Waals surface area contributed by atoms with Crippen molar-refractivity contribution in [1.82, 2.24) is 0 Å². The minimum Gasteiger partial charge on any atom is -0.375 e. The average molecular weight is 224 g/mol. The van der Waals surface area contributed by atoms with Gasteiger partial charge in [0.05, 0.1) is 12.7 Å². The number of ether oxygens (including phenoxy) is 1. The summed E-state index contributed by atoms with van der Waals surface area (Å²) in [6.07, 6.45) is 1.21. The summed E-state index contributed by atoms with van der Waals surface area (Å²) in [6, 6.07) is 6.68. The summed E-state index contributed by atoms with van der Waals surface area (Å²) in [5.74, 6) is -0.191. The largest absolute Gasteiger partial charge is 0.375 e. The normalized spacial score (nSPS) is 20.4. The number of hydrogen-bond donors (Lipinski definition) is 1. The summed E-state index contributed by atoms with van der Waals surface area (Å²) in [5.41, 5.74) is 6.31. The van der Waals surface area contributed by atoms with Crippen molar-refractivity contribution in [2.75, 3.05) is 31.1 Å². The second-order valence-corrected chi connectivity index (χ2v) is 4.00. The van der Waals surface area contributed by atoms with Gasteiger partial charge >= 0.3 is 0 Å². The van der Waals surface area contributed by atoms with E-state index in [-0.39, 0.29) is 11.9 Å². The third-order valence-corrected chi connectivity index (χ3v) is 2.79. The van der Waals surface area contributed by atoms with Crippen LogP contribution in [0.5, 0.6) is 0 Å². The lowest BCUT2D eigenvalue weighted by atomic mass is 10.3. The van der Waals surface area contributed by atoms with E-state index in [1.807, 2.05) is 6.07 Å². The Morgan fingerprint density at radius 3 is 3.12 bits per heavy atom. The number of hydrogen-bond acceptors (Lipinski definition) is 3. The molecule has 1 aromatic carbocycles. The molecule has 16 heavy (non-hydrogen) atoms. The van der Waals surface area contributed by atoms with Crippen molar-refractivity contribution in [2.24, 2.45) is 5.73 Å². The van der Waals surface area contributed by atoms with Crippen LogP contribution in [0.15, 0.2) is 24.3 Å². The van der Waals surface area contributed by atoms with Crippen LogP contribution in [-0.2, 0) is 4.74 Å². The number of benzene rings is 1. The molecule has 0 unspecified atom stereocenters. The Balaban J connectivity index is 1.93. The van der Waals surface area contributed by atoms with Gasteiger partial charge in [0, 0.05) is 25.3 Å². The quantitative estimate of drug-likeness (QED) is 0.839. The highest BCUT2D eigenvalue weighted by Gasteiger charge is 2.23. The van der Waals surface area contributed by atoms with E-state index in [0.717, 1.165) is 25.2 Å². The molecule has 0 aromatic heterocycles. The van der Waals surface area contributed by atoms with Crippen molar-refractivity contribution >= 4 is 5.69 Å². The molecular formula is C12H17FN2O. The second-order valence-electron chi connectivity index (χ2n) is 4.00. The zero-order valence-electron chi connectivity index (χ0n) is 9.23. The fraction of sp³-hybridized carbons (Fsp3) is 0.500. The summed E-state index contributed by atoms with van der Waals surface area (Å²) >= 11 is 0. The molecule has 2 N–H and O–H groups in total. The molecule has 0 amide bonds. The Bertz CT molecular complexity index is 346. The van der Waals surface area contributed by atoms with Crippen molar-refractivity contribution in [3.05, 3.63) is 30.1 Å². The second kappa shape index (κ2) is 5.27. The van der Waals surface area contributed by atoms with Gasteiger partial charge in [-0.25, -0.2) is 4.39 Å². The molecule has 1 heterocycles. The molecule has 4 heteroatoms. The predicted molar refractivity (Wildman–Crippen MR) is 62.0 cm³/mol. The first-order valence-corrected chi connectivity index (χ1v) is 5.62. The Morgan fingerprint density at radius 1 is 1.50 bits per heavy atom. The number of halogens is 1. The van der Waals surface area contributed by atoms with Gasteiger partial charge in [0.15, 0.2) is 0 Å². The van der Waals surface area contributed by atoms with Crippen molar-refractivity contribution in [3.8, 4) is 0 Å². The molecule has 1 saturated heterocycles. The monoisotopic (exact) mass is 224 g/mol. The van der Waals surface area contributed by atoms with Gasteiger partial charge in [0.25, 0.3) is 0 Å². The Labute approximate surface area is 95.0 Å². The van der Waals surface area contributed by atoms with Gasteiger partial charge in [0.2, 0.25) is 0 Å². The lowest BCUT2D eigenvalue weighted by Crippen LogP contribution is -2.24. The predicted octanol–water partition coefficient (Wildman–Crippen LogP) is 1.38. The van der Waals surface area contributed by atoms with E-state index >= 15 is 0 Å². The Morgan fingerprint density at radius 2 is 2.38 bits per heavy atom. The zero-order valence-corrected chi connectivity index (χ0v) is 9.23. The third kappa shape index (κ3) is 2.71. The fourth-order valence-corrected chi connectivity index (χ4v) is 2.01. The molecule has 1 aliphatic rings. The first-order valence-electron chi connectivity index (χ1n) is 5.62. The summed E-state index contributed by atoms with van der Waals surface area (Å²) in [7, 11) is 0. The maximum atomic E-state index is 13.0. The molecule has 0 radical (unpaired) electrons.